The van der Waals surface area contributed by atoms with Crippen molar-refractivity contribution in [2.75, 3.05) is 62.4 Å². The van der Waals surface area contributed by atoms with E-state index in [0.717, 1.165) is 41.9 Å². The number of esters is 1. The molecule has 2 aromatic heterocycles. The summed E-state index contributed by atoms with van der Waals surface area (Å²) in [5, 5.41) is 18.4. The molecule has 63 heavy (non-hydrogen) atoms. The molecule has 16 nitrogen and oxygen atoms in total. The minimum absolute atomic E-state index is 0.00113. The van der Waals surface area contributed by atoms with E-state index < -0.39 is 5.97 Å². The molecule has 0 radical (unpaired) electrons. The van der Waals surface area contributed by atoms with E-state index in [1.54, 1.807) is 60.8 Å². The summed E-state index contributed by atoms with van der Waals surface area (Å²) in [6.45, 7) is 11.2. The summed E-state index contributed by atoms with van der Waals surface area (Å²) in [7, 11) is 1.57. The van der Waals surface area contributed by atoms with Gasteiger partial charge in [0.05, 0.1) is 31.0 Å². The number of nitrogens with one attached hydrogen (secondary N) is 6. The first kappa shape index (κ1) is 45.3. The standard InChI is InChI=1S/C47H55N9O7/c1-6-55(7-2)21-20-48-46(60)44-30(3)41(51-31(44)4)26-39-38-25-36(18-19-40(38)54-45(39)59)52-42(57)12-9-13-43(58)63-23-22-56(29-32-10-8-11-37(24-32)62-5)47(61)53-35-16-14-33(15-17-35)34-27-49-50-28-34/h8,10-11,14-19,24-28,51H,6-7,9,12-13,20-23,29H2,1-5H3,(H,48,60)(H,49,50)(H,52,57)(H,53,61)(H,54,59)/b39-26-. The number of aromatic amines is 2. The van der Waals surface area contributed by atoms with Gasteiger partial charge >= 0.3 is 12.0 Å². The van der Waals surface area contributed by atoms with Crippen molar-refractivity contribution in [2.45, 2.75) is 53.5 Å². The van der Waals surface area contributed by atoms with Crippen molar-refractivity contribution in [3.05, 3.63) is 113 Å². The number of urea groups is 1. The SMILES string of the molecule is CCN(CC)CCNC(=O)c1c(C)[nH]c(/C=C2\C(=O)Nc3ccc(NC(=O)CCCC(=O)OCCN(Cc4cccc(OC)c4)C(=O)Nc4ccc(-c5cn[nH]c5)cc4)cc32)c1C. The normalized spacial score (nSPS) is 12.5. The number of carbonyl (C=O) groups excluding carboxylic acids is 5. The maximum Gasteiger partial charge on any atom is 0.322 e. The number of fused-ring (bicyclic) bond motifs is 1. The molecule has 6 rings (SSSR count). The molecule has 0 unspecified atom stereocenters. The number of hydrogen-bond acceptors (Lipinski definition) is 9. The molecule has 1 aliphatic rings. The third-order valence-corrected chi connectivity index (χ3v) is 10.9. The monoisotopic (exact) mass is 857 g/mol. The zero-order valence-corrected chi connectivity index (χ0v) is 36.4. The van der Waals surface area contributed by atoms with Crippen molar-refractivity contribution in [3.63, 3.8) is 0 Å². The molecule has 5 aromatic rings. The van der Waals surface area contributed by atoms with E-state index >= 15 is 0 Å². The number of amides is 5. The summed E-state index contributed by atoms with van der Waals surface area (Å²) in [5.41, 5.74) is 7.99. The van der Waals surface area contributed by atoms with Crippen LogP contribution >= 0.6 is 0 Å². The molecule has 0 saturated heterocycles. The van der Waals surface area contributed by atoms with Gasteiger partial charge in [0.2, 0.25) is 5.91 Å². The van der Waals surface area contributed by atoms with Crippen molar-refractivity contribution in [1.29, 1.82) is 0 Å². The number of nitrogens with zero attached hydrogens (tertiary/aromatic N) is 3. The van der Waals surface area contributed by atoms with Crippen molar-refractivity contribution in [3.8, 4) is 16.9 Å². The van der Waals surface area contributed by atoms with Crippen LogP contribution in [0.4, 0.5) is 21.9 Å². The predicted molar refractivity (Wildman–Crippen MR) is 243 cm³/mol. The molecule has 3 heterocycles. The zero-order chi connectivity index (χ0) is 44.9. The van der Waals surface area contributed by atoms with Crippen LogP contribution in [0.25, 0.3) is 22.8 Å². The number of aromatic nitrogens is 3. The first-order valence-electron chi connectivity index (χ1n) is 21.1. The van der Waals surface area contributed by atoms with E-state index in [2.05, 4.69) is 55.2 Å². The van der Waals surface area contributed by atoms with Gasteiger partial charge in [-0.15, -0.1) is 0 Å². The Balaban J connectivity index is 0.996. The largest absolute Gasteiger partial charge is 0.497 e. The predicted octanol–water partition coefficient (Wildman–Crippen LogP) is 6.98. The number of benzene rings is 3. The molecule has 6 N–H and O–H groups in total. The van der Waals surface area contributed by atoms with Gasteiger partial charge in [-0.3, -0.25) is 24.3 Å². The molecule has 0 aliphatic carbocycles. The second kappa shape index (κ2) is 21.5. The number of ether oxygens (including phenoxy) is 2. The fraction of sp³-hybridized carbons (Fsp3) is 0.319. The van der Waals surface area contributed by atoms with Crippen LogP contribution in [-0.2, 0) is 25.7 Å². The van der Waals surface area contributed by atoms with Crippen molar-refractivity contribution < 1.29 is 33.4 Å². The second-order valence-electron chi connectivity index (χ2n) is 15.1. The van der Waals surface area contributed by atoms with Gasteiger partial charge < -0.3 is 45.5 Å². The summed E-state index contributed by atoms with van der Waals surface area (Å²) < 4.78 is 10.9. The smallest absolute Gasteiger partial charge is 0.322 e. The topological polar surface area (TPSA) is 203 Å². The van der Waals surface area contributed by atoms with Crippen molar-refractivity contribution in [1.82, 2.24) is 30.3 Å². The Kier molecular flexibility index (Phi) is 15.5. The molecule has 1 aliphatic heterocycles. The Morgan fingerprint density at radius 1 is 0.889 bits per heavy atom. The minimum Gasteiger partial charge on any atom is -0.497 e. The highest BCUT2D eigenvalue weighted by Crippen LogP contribution is 2.36. The van der Waals surface area contributed by atoms with Crippen LogP contribution < -0.4 is 26.0 Å². The lowest BCUT2D eigenvalue weighted by Crippen LogP contribution is -2.37. The summed E-state index contributed by atoms with van der Waals surface area (Å²) in [5.74, 6) is -0.627. The maximum atomic E-state index is 13.5. The van der Waals surface area contributed by atoms with Gasteiger partial charge in [-0.25, -0.2) is 4.79 Å². The Morgan fingerprint density at radius 2 is 1.67 bits per heavy atom. The number of hydrogen-bond donors (Lipinski definition) is 6. The molecule has 0 spiro atoms. The van der Waals surface area contributed by atoms with E-state index in [1.165, 1.54) is 0 Å². The van der Waals surface area contributed by atoms with Crippen LogP contribution in [0.1, 0.15) is 71.5 Å². The Labute approximate surface area is 366 Å². The number of methoxy groups -OCH3 is 1. The third kappa shape index (κ3) is 12.0. The lowest BCUT2D eigenvalue weighted by molar-refractivity contribution is -0.144. The first-order valence-corrected chi connectivity index (χ1v) is 21.1. The summed E-state index contributed by atoms with van der Waals surface area (Å²) >= 11 is 0. The molecule has 16 heteroatoms. The van der Waals surface area contributed by atoms with Crippen LogP contribution in [0, 0.1) is 13.8 Å². The van der Waals surface area contributed by atoms with Gasteiger partial charge in [0.1, 0.15) is 12.4 Å². The van der Waals surface area contributed by atoms with E-state index in [9.17, 15) is 24.0 Å². The van der Waals surface area contributed by atoms with Gasteiger partial charge in [0, 0.05) is 78.2 Å². The number of anilines is 3. The molecular formula is C47H55N9O7. The van der Waals surface area contributed by atoms with E-state index in [-0.39, 0.29) is 62.7 Å². The number of carbonyl (C=O) groups is 5. The molecule has 0 fully saturated rings. The summed E-state index contributed by atoms with van der Waals surface area (Å²) in [6, 6.07) is 19.5. The van der Waals surface area contributed by atoms with Crippen LogP contribution in [-0.4, -0.2) is 101 Å². The maximum absolute atomic E-state index is 13.5. The third-order valence-electron chi connectivity index (χ3n) is 10.9. The average Bonchev–Trinajstić information content (AvgIpc) is 4.00. The van der Waals surface area contributed by atoms with Gasteiger partial charge in [0.25, 0.3) is 11.8 Å². The van der Waals surface area contributed by atoms with Gasteiger partial charge in [-0.05, 0) is 98.6 Å². The van der Waals surface area contributed by atoms with Gasteiger partial charge in [-0.1, -0.05) is 38.1 Å². The minimum atomic E-state index is -0.494. The van der Waals surface area contributed by atoms with Crippen LogP contribution in [0.15, 0.2) is 79.1 Å². The molecule has 5 amide bonds. The Bertz CT molecular complexity index is 2440. The van der Waals surface area contributed by atoms with E-state index in [0.29, 0.717) is 57.4 Å². The Morgan fingerprint density at radius 3 is 2.40 bits per heavy atom. The fourth-order valence-electron chi connectivity index (χ4n) is 7.33. The number of H-pyrrole nitrogens is 2. The molecule has 3 aromatic carbocycles. The molecular weight excluding hydrogens is 803 g/mol. The highest BCUT2D eigenvalue weighted by molar-refractivity contribution is 6.35. The lowest BCUT2D eigenvalue weighted by atomic mass is 10.0. The lowest BCUT2D eigenvalue weighted by Gasteiger charge is -2.23. The number of likely N-dealkylation sites (N-methyl/N-ethyl adjacent to an activating group) is 1. The van der Waals surface area contributed by atoms with Crippen LogP contribution in [0.3, 0.4) is 0 Å². The van der Waals surface area contributed by atoms with Gasteiger partial charge in [0.15, 0.2) is 0 Å². The number of aryl methyl sites for hydroxylation is 1. The highest BCUT2D eigenvalue weighted by Gasteiger charge is 2.26. The van der Waals surface area contributed by atoms with E-state index in [4.69, 9.17) is 9.47 Å². The fourth-order valence-corrected chi connectivity index (χ4v) is 7.33. The highest BCUT2D eigenvalue weighted by atomic mass is 16.5. The first-order chi connectivity index (χ1) is 30.5. The summed E-state index contributed by atoms with van der Waals surface area (Å²) in [6.07, 6.45) is 5.51. The summed E-state index contributed by atoms with van der Waals surface area (Å²) in [4.78, 5) is 72.5. The molecule has 0 atom stereocenters. The van der Waals surface area contributed by atoms with Crippen molar-refractivity contribution >= 4 is 58.4 Å². The van der Waals surface area contributed by atoms with Crippen molar-refractivity contribution in [2.24, 2.45) is 0 Å². The van der Waals surface area contributed by atoms with Crippen LogP contribution in [0.5, 0.6) is 5.75 Å². The zero-order valence-electron chi connectivity index (χ0n) is 36.4. The second-order valence-corrected chi connectivity index (χ2v) is 15.1. The van der Waals surface area contributed by atoms with E-state index in [1.807, 2.05) is 50.2 Å². The Hall–Kier alpha value is -7.20. The molecule has 0 saturated carbocycles. The van der Waals surface area contributed by atoms with Crippen LogP contribution in [0.2, 0.25) is 0 Å². The molecule has 330 valence electrons. The number of rotatable bonds is 20. The van der Waals surface area contributed by atoms with Gasteiger partial charge in [-0.2, -0.15) is 5.10 Å². The average molecular weight is 858 g/mol. The quantitative estimate of drug-likeness (QED) is 0.0353. The molecule has 0 bridgehead atoms.